The summed E-state index contributed by atoms with van der Waals surface area (Å²) in [6.45, 7) is 1.98. The zero-order valence-electron chi connectivity index (χ0n) is 13.3. The molecule has 24 heavy (non-hydrogen) atoms. The number of aromatic nitrogens is 2. The van der Waals surface area contributed by atoms with Crippen LogP contribution in [0.3, 0.4) is 0 Å². The first-order valence-electron chi connectivity index (χ1n) is 7.52. The Labute approximate surface area is 144 Å². The van der Waals surface area contributed by atoms with E-state index in [1.54, 1.807) is 37.6 Å². The average molecular weight is 342 g/mol. The lowest BCUT2D eigenvalue weighted by molar-refractivity contribution is 0.102. The SMILES string of the molecule is CCc1cc(NC(=O)c2ccc(OC)c3ncccc23)cc(Cl)n1. The zero-order valence-corrected chi connectivity index (χ0v) is 14.1. The minimum atomic E-state index is -0.236. The van der Waals surface area contributed by atoms with Crippen LogP contribution in [0.2, 0.25) is 5.15 Å². The number of anilines is 1. The number of aryl methyl sites for hydroxylation is 1. The van der Waals surface area contributed by atoms with Crippen LogP contribution in [0.25, 0.3) is 10.9 Å². The minimum absolute atomic E-state index is 0.236. The zero-order chi connectivity index (χ0) is 17.1. The third-order valence-electron chi connectivity index (χ3n) is 3.66. The number of methoxy groups -OCH3 is 1. The fourth-order valence-electron chi connectivity index (χ4n) is 2.51. The molecule has 3 rings (SSSR count). The van der Waals surface area contributed by atoms with Crippen LogP contribution in [0.15, 0.2) is 42.6 Å². The van der Waals surface area contributed by atoms with E-state index in [0.717, 1.165) is 17.5 Å². The van der Waals surface area contributed by atoms with Crippen LogP contribution in [0.4, 0.5) is 5.69 Å². The molecule has 0 radical (unpaired) electrons. The number of benzene rings is 1. The molecular formula is C18H16ClN3O2. The molecule has 0 aliphatic carbocycles. The molecule has 0 spiro atoms. The van der Waals surface area contributed by atoms with Crippen LogP contribution in [-0.4, -0.2) is 23.0 Å². The Kier molecular flexibility index (Phi) is 4.62. The monoisotopic (exact) mass is 341 g/mol. The molecule has 0 aliphatic rings. The number of hydrogen-bond acceptors (Lipinski definition) is 4. The summed E-state index contributed by atoms with van der Waals surface area (Å²) in [5.74, 6) is 0.391. The minimum Gasteiger partial charge on any atom is -0.494 e. The van der Waals surface area contributed by atoms with E-state index >= 15 is 0 Å². The van der Waals surface area contributed by atoms with E-state index in [-0.39, 0.29) is 5.91 Å². The number of rotatable bonds is 4. The van der Waals surface area contributed by atoms with Gasteiger partial charge in [0.2, 0.25) is 0 Å². The van der Waals surface area contributed by atoms with E-state index in [0.29, 0.717) is 27.7 Å². The van der Waals surface area contributed by atoms with Gasteiger partial charge in [-0.1, -0.05) is 24.6 Å². The summed E-state index contributed by atoms with van der Waals surface area (Å²) in [5.41, 5.74) is 2.60. The summed E-state index contributed by atoms with van der Waals surface area (Å²) in [6, 6.07) is 10.5. The Balaban J connectivity index is 1.99. The maximum absolute atomic E-state index is 12.7. The van der Waals surface area contributed by atoms with Gasteiger partial charge in [-0.2, -0.15) is 0 Å². The molecule has 0 saturated carbocycles. The molecule has 0 fully saturated rings. The van der Waals surface area contributed by atoms with Crippen LogP contribution >= 0.6 is 11.6 Å². The van der Waals surface area contributed by atoms with Gasteiger partial charge >= 0.3 is 0 Å². The van der Waals surface area contributed by atoms with E-state index in [2.05, 4.69) is 15.3 Å². The van der Waals surface area contributed by atoms with Crippen LogP contribution < -0.4 is 10.1 Å². The summed E-state index contributed by atoms with van der Waals surface area (Å²) in [7, 11) is 1.58. The molecule has 0 aliphatic heterocycles. The van der Waals surface area contributed by atoms with Crippen molar-refractivity contribution in [3.63, 3.8) is 0 Å². The first kappa shape index (κ1) is 16.2. The van der Waals surface area contributed by atoms with E-state index in [1.165, 1.54) is 0 Å². The Morgan fingerprint density at radius 3 is 2.88 bits per heavy atom. The summed E-state index contributed by atoms with van der Waals surface area (Å²) in [5, 5.41) is 3.95. The molecule has 122 valence electrons. The second-order valence-corrected chi connectivity index (χ2v) is 5.58. The number of carbonyl (C=O) groups excluding carboxylic acids is 1. The molecule has 5 nitrogen and oxygen atoms in total. The van der Waals surface area contributed by atoms with E-state index < -0.39 is 0 Å². The van der Waals surface area contributed by atoms with E-state index in [1.807, 2.05) is 19.1 Å². The van der Waals surface area contributed by atoms with Gasteiger partial charge in [0, 0.05) is 28.5 Å². The lowest BCUT2D eigenvalue weighted by Crippen LogP contribution is -2.13. The summed E-state index contributed by atoms with van der Waals surface area (Å²) >= 11 is 6.00. The van der Waals surface area contributed by atoms with Gasteiger partial charge in [-0.25, -0.2) is 4.98 Å². The topological polar surface area (TPSA) is 64.1 Å². The first-order chi connectivity index (χ1) is 11.6. The van der Waals surface area contributed by atoms with Crippen LogP contribution in [-0.2, 0) is 6.42 Å². The summed E-state index contributed by atoms with van der Waals surface area (Å²) < 4.78 is 5.31. The van der Waals surface area contributed by atoms with Gasteiger partial charge in [-0.05, 0) is 36.8 Å². The van der Waals surface area contributed by atoms with Gasteiger partial charge in [0.15, 0.2) is 0 Å². The van der Waals surface area contributed by atoms with Crippen LogP contribution in [0, 0.1) is 0 Å². The van der Waals surface area contributed by atoms with Gasteiger partial charge in [0.25, 0.3) is 5.91 Å². The molecule has 3 aromatic rings. The molecule has 1 aromatic carbocycles. The van der Waals surface area contributed by atoms with Crippen molar-refractivity contribution in [1.82, 2.24) is 9.97 Å². The van der Waals surface area contributed by atoms with Crippen molar-refractivity contribution in [2.45, 2.75) is 13.3 Å². The highest BCUT2D eigenvalue weighted by molar-refractivity contribution is 6.29. The lowest BCUT2D eigenvalue weighted by atomic mass is 10.1. The second-order valence-electron chi connectivity index (χ2n) is 5.19. The van der Waals surface area contributed by atoms with Crippen molar-refractivity contribution < 1.29 is 9.53 Å². The van der Waals surface area contributed by atoms with Gasteiger partial charge in [0.05, 0.1) is 7.11 Å². The highest BCUT2D eigenvalue weighted by Gasteiger charge is 2.14. The number of nitrogens with one attached hydrogen (secondary N) is 1. The van der Waals surface area contributed by atoms with Crippen molar-refractivity contribution in [1.29, 1.82) is 0 Å². The maximum atomic E-state index is 12.7. The van der Waals surface area contributed by atoms with Crippen molar-refractivity contribution >= 4 is 34.1 Å². The Bertz CT molecular complexity index is 912. The molecule has 0 saturated heterocycles. The first-order valence-corrected chi connectivity index (χ1v) is 7.89. The third-order valence-corrected chi connectivity index (χ3v) is 3.86. The Hall–Kier alpha value is -2.66. The number of pyridine rings is 2. The molecule has 0 unspecified atom stereocenters. The quantitative estimate of drug-likeness (QED) is 0.725. The summed E-state index contributed by atoms with van der Waals surface area (Å²) in [6.07, 6.45) is 2.40. The summed E-state index contributed by atoms with van der Waals surface area (Å²) in [4.78, 5) is 21.2. The molecule has 2 aromatic heterocycles. The van der Waals surface area contributed by atoms with Crippen LogP contribution in [0.5, 0.6) is 5.75 Å². The van der Waals surface area contributed by atoms with Gasteiger partial charge < -0.3 is 10.1 Å². The molecule has 0 bridgehead atoms. The largest absolute Gasteiger partial charge is 0.494 e. The van der Waals surface area contributed by atoms with Crippen molar-refractivity contribution in [2.75, 3.05) is 12.4 Å². The third kappa shape index (κ3) is 3.16. The fourth-order valence-corrected chi connectivity index (χ4v) is 2.74. The highest BCUT2D eigenvalue weighted by atomic mass is 35.5. The van der Waals surface area contributed by atoms with Gasteiger partial charge in [0.1, 0.15) is 16.4 Å². The molecule has 2 heterocycles. The second kappa shape index (κ2) is 6.84. The number of nitrogens with zero attached hydrogens (tertiary/aromatic N) is 2. The Morgan fingerprint density at radius 1 is 1.29 bits per heavy atom. The normalized spacial score (nSPS) is 10.6. The standard InChI is InChI=1S/C18H16ClN3O2/c1-3-11-9-12(10-16(19)21-11)22-18(23)14-6-7-15(24-2)17-13(14)5-4-8-20-17/h4-10H,3H2,1-2H3,(H,21,22,23). The lowest BCUT2D eigenvalue weighted by Gasteiger charge is -2.11. The smallest absolute Gasteiger partial charge is 0.256 e. The molecular weight excluding hydrogens is 326 g/mol. The average Bonchev–Trinajstić information content (AvgIpc) is 2.60. The highest BCUT2D eigenvalue weighted by Crippen LogP contribution is 2.27. The van der Waals surface area contributed by atoms with Crippen molar-refractivity contribution in [3.05, 3.63) is 59.0 Å². The predicted octanol–water partition coefficient (Wildman–Crippen LogP) is 4.11. The molecule has 0 atom stereocenters. The van der Waals surface area contributed by atoms with E-state index in [9.17, 15) is 4.79 Å². The number of carbonyl (C=O) groups is 1. The fraction of sp³-hybridized carbons (Fsp3) is 0.167. The van der Waals surface area contributed by atoms with Crippen LogP contribution in [0.1, 0.15) is 23.0 Å². The van der Waals surface area contributed by atoms with E-state index in [4.69, 9.17) is 16.3 Å². The van der Waals surface area contributed by atoms with Gasteiger partial charge in [-0.15, -0.1) is 0 Å². The maximum Gasteiger partial charge on any atom is 0.256 e. The predicted molar refractivity (Wildman–Crippen MR) is 94.9 cm³/mol. The Morgan fingerprint density at radius 2 is 2.12 bits per heavy atom. The number of amides is 1. The van der Waals surface area contributed by atoms with Crippen molar-refractivity contribution in [2.24, 2.45) is 0 Å². The number of fused-ring (bicyclic) bond motifs is 1. The molecule has 1 amide bonds. The number of halogens is 1. The molecule has 1 N–H and O–H groups in total. The number of ether oxygens (including phenoxy) is 1. The number of hydrogen-bond donors (Lipinski definition) is 1. The molecule has 6 heteroatoms. The van der Waals surface area contributed by atoms with Crippen molar-refractivity contribution in [3.8, 4) is 5.75 Å². The van der Waals surface area contributed by atoms with Gasteiger partial charge in [-0.3, -0.25) is 9.78 Å².